The molecule has 0 atom stereocenters. The lowest BCUT2D eigenvalue weighted by atomic mass is 10.2. The van der Waals surface area contributed by atoms with E-state index in [-0.39, 0.29) is 5.91 Å². The van der Waals surface area contributed by atoms with Crippen LogP contribution in [0.5, 0.6) is 5.75 Å². The first-order chi connectivity index (χ1) is 11.3. The fourth-order valence-electron chi connectivity index (χ4n) is 1.98. The number of rotatable bonds is 4. The van der Waals surface area contributed by atoms with Gasteiger partial charge in [-0.15, -0.1) is 0 Å². The Labute approximate surface area is 138 Å². The Kier molecular flexibility index (Phi) is 4.73. The van der Waals surface area contributed by atoms with E-state index in [2.05, 4.69) is 10.1 Å². The summed E-state index contributed by atoms with van der Waals surface area (Å²) in [7, 11) is 1.62. The molecule has 6 heteroatoms. The first-order valence-corrected chi connectivity index (χ1v) is 8.02. The molecule has 0 aromatic heterocycles. The van der Waals surface area contributed by atoms with Gasteiger partial charge in [0.25, 0.3) is 5.91 Å². The third-order valence-corrected chi connectivity index (χ3v) is 4.07. The number of hydrogen-bond donors (Lipinski definition) is 0. The highest BCUT2D eigenvalue weighted by molar-refractivity contribution is 8.15. The summed E-state index contributed by atoms with van der Waals surface area (Å²) in [6, 6.07) is 17.0. The number of thioether (sulfide) groups is 1. The predicted octanol–water partition coefficient (Wildman–Crippen LogP) is 3.29. The van der Waals surface area contributed by atoms with Crippen molar-refractivity contribution in [2.24, 2.45) is 10.1 Å². The topological polar surface area (TPSA) is 54.3 Å². The Bertz CT molecular complexity index is 742. The maximum Gasteiger partial charge on any atom is 0.259 e. The minimum atomic E-state index is -0.0746. The number of benzene rings is 2. The zero-order valence-electron chi connectivity index (χ0n) is 12.5. The van der Waals surface area contributed by atoms with Gasteiger partial charge < -0.3 is 4.74 Å². The molecule has 23 heavy (non-hydrogen) atoms. The van der Waals surface area contributed by atoms with Gasteiger partial charge >= 0.3 is 0 Å². The number of methoxy groups -OCH3 is 1. The van der Waals surface area contributed by atoms with Gasteiger partial charge in [0, 0.05) is 0 Å². The lowest BCUT2D eigenvalue weighted by Crippen LogP contribution is -2.23. The summed E-state index contributed by atoms with van der Waals surface area (Å²) in [5, 5.41) is 6.19. The second-order valence-electron chi connectivity index (χ2n) is 4.74. The molecule has 0 N–H and O–H groups in total. The van der Waals surface area contributed by atoms with Crippen LogP contribution in [0.2, 0.25) is 0 Å². The highest BCUT2D eigenvalue weighted by atomic mass is 32.2. The molecule has 116 valence electrons. The van der Waals surface area contributed by atoms with Crippen LogP contribution in [0.25, 0.3) is 0 Å². The average molecular weight is 325 g/mol. The van der Waals surface area contributed by atoms with Gasteiger partial charge in [-0.25, -0.2) is 4.99 Å². The van der Waals surface area contributed by atoms with Crippen molar-refractivity contribution in [3.05, 3.63) is 60.2 Å². The smallest absolute Gasteiger partial charge is 0.259 e. The molecule has 0 saturated carbocycles. The molecular formula is C17H15N3O2S. The molecule has 3 rings (SSSR count). The van der Waals surface area contributed by atoms with Gasteiger partial charge in [-0.1, -0.05) is 42.1 Å². The van der Waals surface area contributed by atoms with E-state index < -0.39 is 0 Å². The summed E-state index contributed by atoms with van der Waals surface area (Å²) in [6.45, 7) is 0. The van der Waals surface area contributed by atoms with Gasteiger partial charge in [0.15, 0.2) is 5.17 Å². The molecule has 1 fully saturated rings. The molecule has 2 aromatic rings. The molecule has 2 aromatic carbocycles. The van der Waals surface area contributed by atoms with Crippen LogP contribution < -0.4 is 4.74 Å². The molecule has 1 saturated heterocycles. The Balaban J connectivity index is 1.81. The van der Waals surface area contributed by atoms with Crippen LogP contribution in [0.3, 0.4) is 0 Å². The maximum absolute atomic E-state index is 12.0. The van der Waals surface area contributed by atoms with E-state index in [0.29, 0.717) is 10.9 Å². The zero-order chi connectivity index (χ0) is 16.1. The van der Waals surface area contributed by atoms with Crippen LogP contribution in [0.15, 0.2) is 64.7 Å². The maximum atomic E-state index is 12.0. The number of amidine groups is 1. The van der Waals surface area contributed by atoms with Gasteiger partial charge in [0.1, 0.15) is 5.75 Å². The van der Waals surface area contributed by atoms with E-state index in [1.165, 1.54) is 16.8 Å². The number of carbonyl (C=O) groups is 1. The van der Waals surface area contributed by atoms with Gasteiger partial charge in [0.05, 0.1) is 24.8 Å². The minimum Gasteiger partial charge on any atom is -0.497 e. The van der Waals surface area contributed by atoms with Crippen LogP contribution in [-0.4, -0.2) is 35.2 Å². The predicted molar refractivity (Wildman–Crippen MR) is 93.4 cm³/mol. The number of hydrogen-bond acceptors (Lipinski definition) is 5. The Morgan fingerprint density at radius 3 is 2.57 bits per heavy atom. The van der Waals surface area contributed by atoms with Crippen LogP contribution in [0, 0.1) is 0 Å². The van der Waals surface area contributed by atoms with Gasteiger partial charge in [0.2, 0.25) is 0 Å². The molecular weight excluding hydrogens is 310 g/mol. The Hall–Kier alpha value is -2.60. The average Bonchev–Trinajstić information content (AvgIpc) is 2.94. The van der Waals surface area contributed by atoms with E-state index in [1.807, 2.05) is 54.6 Å². The number of nitrogens with zero attached hydrogens (tertiary/aromatic N) is 3. The SMILES string of the molecule is COc1ccc(N=C2SCC(=O)N2/N=C\c2ccccc2)cc1. The normalized spacial score (nSPS) is 16.5. The number of amides is 1. The van der Waals surface area contributed by atoms with E-state index in [0.717, 1.165) is 17.0 Å². The standard InChI is InChI=1S/C17H15N3O2S/c1-22-15-9-7-14(8-10-15)19-17-20(16(21)12-23-17)18-11-13-5-3-2-4-6-13/h2-11H,12H2,1H3/b18-11-,19-17?. The Morgan fingerprint density at radius 1 is 1.13 bits per heavy atom. The van der Waals surface area contributed by atoms with E-state index in [9.17, 15) is 4.79 Å². The van der Waals surface area contributed by atoms with Gasteiger partial charge in [-0.3, -0.25) is 4.79 Å². The molecule has 0 spiro atoms. The molecule has 1 amide bonds. The van der Waals surface area contributed by atoms with Crippen molar-refractivity contribution < 1.29 is 9.53 Å². The second kappa shape index (κ2) is 7.11. The van der Waals surface area contributed by atoms with Crippen LogP contribution in [0.4, 0.5) is 5.69 Å². The second-order valence-corrected chi connectivity index (χ2v) is 5.68. The summed E-state index contributed by atoms with van der Waals surface area (Å²) in [6.07, 6.45) is 1.66. The number of hydrazone groups is 1. The molecule has 0 unspecified atom stereocenters. The molecule has 0 radical (unpaired) electrons. The van der Waals surface area contributed by atoms with Crippen molar-refractivity contribution in [2.75, 3.05) is 12.9 Å². The summed E-state index contributed by atoms with van der Waals surface area (Å²) < 4.78 is 5.12. The summed E-state index contributed by atoms with van der Waals surface area (Å²) in [5.41, 5.74) is 1.68. The van der Waals surface area contributed by atoms with Crippen molar-refractivity contribution in [1.82, 2.24) is 5.01 Å². The molecule has 5 nitrogen and oxygen atoms in total. The van der Waals surface area contributed by atoms with Gasteiger partial charge in [-0.05, 0) is 29.8 Å². The largest absolute Gasteiger partial charge is 0.497 e. The first-order valence-electron chi connectivity index (χ1n) is 7.04. The van der Waals surface area contributed by atoms with Crippen molar-refractivity contribution >= 4 is 34.7 Å². The van der Waals surface area contributed by atoms with Crippen LogP contribution >= 0.6 is 11.8 Å². The fraction of sp³-hybridized carbons (Fsp3) is 0.118. The quantitative estimate of drug-likeness (QED) is 0.811. The van der Waals surface area contributed by atoms with Crippen molar-refractivity contribution in [1.29, 1.82) is 0 Å². The fourth-order valence-corrected chi connectivity index (χ4v) is 2.80. The van der Waals surface area contributed by atoms with E-state index >= 15 is 0 Å². The molecule has 0 bridgehead atoms. The van der Waals surface area contributed by atoms with Gasteiger partial charge in [-0.2, -0.15) is 10.1 Å². The number of carbonyl (C=O) groups excluding carboxylic acids is 1. The molecule has 1 aliphatic heterocycles. The lowest BCUT2D eigenvalue weighted by Gasteiger charge is -2.09. The first kappa shape index (κ1) is 15.3. The van der Waals surface area contributed by atoms with Crippen LogP contribution in [0.1, 0.15) is 5.56 Å². The van der Waals surface area contributed by atoms with Crippen molar-refractivity contribution in [3.8, 4) is 5.75 Å². The molecule has 1 heterocycles. The highest BCUT2D eigenvalue weighted by Gasteiger charge is 2.27. The summed E-state index contributed by atoms with van der Waals surface area (Å²) >= 11 is 1.38. The minimum absolute atomic E-state index is 0.0746. The van der Waals surface area contributed by atoms with E-state index in [4.69, 9.17) is 4.74 Å². The van der Waals surface area contributed by atoms with Crippen LogP contribution in [-0.2, 0) is 4.79 Å². The van der Waals surface area contributed by atoms with E-state index in [1.54, 1.807) is 13.3 Å². The summed E-state index contributed by atoms with van der Waals surface area (Å²) in [5.74, 6) is 1.04. The number of ether oxygens (including phenoxy) is 1. The third-order valence-electron chi connectivity index (χ3n) is 3.16. The highest BCUT2D eigenvalue weighted by Crippen LogP contribution is 2.25. The van der Waals surface area contributed by atoms with Crippen molar-refractivity contribution in [2.45, 2.75) is 0 Å². The third kappa shape index (κ3) is 3.78. The zero-order valence-corrected chi connectivity index (χ0v) is 13.4. The molecule has 1 aliphatic rings. The molecule has 0 aliphatic carbocycles. The lowest BCUT2D eigenvalue weighted by molar-refractivity contribution is -0.124. The summed E-state index contributed by atoms with van der Waals surface area (Å²) in [4.78, 5) is 16.5. The van der Waals surface area contributed by atoms with Crippen molar-refractivity contribution in [3.63, 3.8) is 0 Å². The Morgan fingerprint density at radius 2 is 1.87 bits per heavy atom. The monoisotopic (exact) mass is 325 g/mol. The number of aliphatic imine (C=N–C) groups is 1.